The highest BCUT2D eigenvalue weighted by Crippen LogP contribution is 2.25. The van der Waals surface area contributed by atoms with E-state index in [0.29, 0.717) is 5.56 Å². The Balaban J connectivity index is 1.68. The molecule has 0 saturated heterocycles. The Labute approximate surface area is 153 Å². The summed E-state index contributed by atoms with van der Waals surface area (Å²) in [7, 11) is 4.03. The molecule has 3 rings (SSSR count). The first-order valence-electron chi connectivity index (χ1n) is 8.36. The summed E-state index contributed by atoms with van der Waals surface area (Å²) in [4.78, 5) is 2.06. The fraction of sp³-hybridized carbons (Fsp3) is 0.0909. The topological polar surface area (TPSA) is 48.2 Å². The van der Waals surface area contributed by atoms with Crippen LogP contribution < -0.4 is 4.90 Å². The number of benzene rings is 3. The predicted molar refractivity (Wildman–Crippen MR) is 112 cm³/mol. The number of hydrogen-bond acceptors (Lipinski definition) is 4. The zero-order valence-corrected chi connectivity index (χ0v) is 14.9. The molecule has 0 atom stereocenters. The molecule has 130 valence electrons. The molecule has 0 heterocycles. The smallest absolute Gasteiger partial charge is 0.125 e. The van der Waals surface area contributed by atoms with Crippen LogP contribution in [0.1, 0.15) is 11.1 Å². The van der Waals surface area contributed by atoms with E-state index in [1.807, 2.05) is 56.6 Å². The van der Waals surface area contributed by atoms with Gasteiger partial charge in [0.1, 0.15) is 5.75 Å². The summed E-state index contributed by atoms with van der Waals surface area (Å²) in [6.07, 6.45) is 7.01. The average molecular weight is 343 g/mol. The number of hydrogen-bond donors (Lipinski definition) is 1. The van der Waals surface area contributed by atoms with Gasteiger partial charge in [0.05, 0.1) is 6.21 Å². The molecule has 0 saturated carbocycles. The highest BCUT2D eigenvalue weighted by Gasteiger charge is 2.03. The van der Waals surface area contributed by atoms with E-state index in [2.05, 4.69) is 39.4 Å². The number of phenols is 1. The van der Waals surface area contributed by atoms with E-state index in [1.165, 1.54) is 0 Å². The van der Waals surface area contributed by atoms with Crippen molar-refractivity contribution in [3.05, 3.63) is 77.9 Å². The number of rotatable bonds is 5. The van der Waals surface area contributed by atoms with E-state index in [0.717, 1.165) is 22.0 Å². The van der Waals surface area contributed by atoms with Crippen LogP contribution in [0.15, 0.2) is 76.9 Å². The molecular formula is C22H21N3O. The molecule has 4 heteroatoms. The van der Waals surface area contributed by atoms with E-state index < -0.39 is 0 Å². The lowest BCUT2D eigenvalue weighted by atomic mass is 10.0. The maximum atomic E-state index is 10.1. The Hall–Kier alpha value is -3.40. The van der Waals surface area contributed by atoms with Gasteiger partial charge in [-0.2, -0.15) is 10.2 Å². The molecule has 0 radical (unpaired) electrons. The van der Waals surface area contributed by atoms with Gasteiger partial charge in [-0.05, 0) is 40.6 Å². The fourth-order valence-electron chi connectivity index (χ4n) is 2.63. The van der Waals surface area contributed by atoms with E-state index in [1.54, 1.807) is 18.5 Å². The number of nitrogens with zero attached hydrogens (tertiary/aromatic N) is 3. The first-order chi connectivity index (χ1) is 12.6. The normalized spacial score (nSPS) is 11.9. The van der Waals surface area contributed by atoms with Crippen LogP contribution in [0.2, 0.25) is 0 Å². The van der Waals surface area contributed by atoms with Crippen molar-refractivity contribution in [3.8, 4) is 5.75 Å². The zero-order chi connectivity index (χ0) is 18.4. The molecule has 0 spiro atoms. The molecule has 26 heavy (non-hydrogen) atoms. The monoisotopic (exact) mass is 343 g/mol. The lowest BCUT2D eigenvalue weighted by Gasteiger charge is -2.11. The SMILES string of the molecule is CN(C)c1ccc(/C=C/C=N/N=C/c2c(O)ccc3ccccc23)cc1. The van der Waals surface area contributed by atoms with Gasteiger partial charge in [-0.1, -0.05) is 48.5 Å². The first-order valence-corrected chi connectivity index (χ1v) is 8.36. The highest BCUT2D eigenvalue weighted by atomic mass is 16.3. The molecule has 0 amide bonds. The molecule has 0 aliphatic carbocycles. The van der Waals surface area contributed by atoms with Crippen molar-refractivity contribution in [3.63, 3.8) is 0 Å². The number of phenolic OH excluding ortho intramolecular Hbond substituents is 1. The molecule has 0 fully saturated rings. The van der Waals surface area contributed by atoms with E-state index >= 15 is 0 Å². The van der Waals surface area contributed by atoms with Crippen LogP contribution in [0.4, 0.5) is 5.69 Å². The average Bonchev–Trinajstić information content (AvgIpc) is 2.66. The highest BCUT2D eigenvalue weighted by molar-refractivity contribution is 6.02. The molecule has 3 aromatic rings. The van der Waals surface area contributed by atoms with Gasteiger partial charge < -0.3 is 10.0 Å². The van der Waals surface area contributed by atoms with Gasteiger partial charge in [-0.25, -0.2) is 0 Å². The standard InChI is InChI=1S/C22H21N3O/c1-25(2)19-12-9-17(10-13-19)6-5-15-23-24-16-21-20-8-4-3-7-18(20)11-14-22(21)26/h3-16,26H,1-2H3/b6-5+,23-15+,24-16+. The summed E-state index contributed by atoms with van der Waals surface area (Å²) in [6.45, 7) is 0. The fourth-order valence-corrected chi connectivity index (χ4v) is 2.63. The molecule has 0 aromatic heterocycles. The van der Waals surface area contributed by atoms with Crippen molar-refractivity contribution >= 4 is 35.0 Å². The molecule has 0 unspecified atom stereocenters. The lowest BCUT2D eigenvalue weighted by Crippen LogP contribution is -2.07. The summed E-state index contributed by atoms with van der Waals surface area (Å²) in [5.74, 6) is 0.194. The number of aromatic hydroxyl groups is 1. The van der Waals surface area contributed by atoms with Crippen molar-refractivity contribution in [2.24, 2.45) is 10.2 Å². The second-order valence-corrected chi connectivity index (χ2v) is 6.07. The number of anilines is 1. The van der Waals surface area contributed by atoms with Crippen LogP contribution >= 0.6 is 0 Å². The minimum absolute atomic E-state index is 0.194. The van der Waals surface area contributed by atoms with Crippen LogP contribution in [0.3, 0.4) is 0 Å². The van der Waals surface area contributed by atoms with Gasteiger partial charge in [0.15, 0.2) is 0 Å². The Kier molecular flexibility index (Phi) is 5.44. The van der Waals surface area contributed by atoms with E-state index in [9.17, 15) is 5.11 Å². The summed E-state index contributed by atoms with van der Waals surface area (Å²) in [5.41, 5.74) is 2.93. The molecule has 1 N–H and O–H groups in total. The second-order valence-electron chi connectivity index (χ2n) is 6.07. The van der Waals surface area contributed by atoms with Crippen LogP contribution in [0.25, 0.3) is 16.8 Å². The first kappa shape index (κ1) is 17.4. The Morgan fingerprint density at radius 3 is 2.42 bits per heavy atom. The predicted octanol–water partition coefficient (Wildman–Crippen LogP) is 4.73. The summed E-state index contributed by atoms with van der Waals surface area (Å²) in [6, 6.07) is 19.7. The second kappa shape index (κ2) is 8.12. The maximum Gasteiger partial charge on any atom is 0.125 e. The summed E-state index contributed by atoms with van der Waals surface area (Å²) >= 11 is 0. The third kappa shape index (κ3) is 4.16. The van der Waals surface area contributed by atoms with Crippen molar-refractivity contribution < 1.29 is 5.11 Å². The van der Waals surface area contributed by atoms with Crippen molar-refractivity contribution in [2.45, 2.75) is 0 Å². The Bertz CT molecular complexity index is 970. The van der Waals surface area contributed by atoms with Gasteiger partial charge in [0.2, 0.25) is 0 Å². The number of fused-ring (bicyclic) bond motifs is 1. The Morgan fingerprint density at radius 1 is 0.885 bits per heavy atom. The van der Waals surface area contributed by atoms with Crippen molar-refractivity contribution in [2.75, 3.05) is 19.0 Å². The van der Waals surface area contributed by atoms with Gasteiger partial charge in [-0.3, -0.25) is 0 Å². The summed E-state index contributed by atoms with van der Waals surface area (Å²) in [5, 5.41) is 20.1. The third-order valence-electron chi connectivity index (χ3n) is 4.05. The third-order valence-corrected chi connectivity index (χ3v) is 4.05. The van der Waals surface area contributed by atoms with Gasteiger partial charge in [0, 0.05) is 31.6 Å². The molecule has 0 aliphatic heterocycles. The summed E-state index contributed by atoms with van der Waals surface area (Å²) < 4.78 is 0. The van der Waals surface area contributed by atoms with Crippen molar-refractivity contribution in [1.82, 2.24) is 0 Å². The van der Waals surface area contributed by atoms with Gasteiger partial charge in [0.25, 0.3) is 0 Å². The van der Waals surface area contributed by atoms with Gasteiger partial charge >= 0.3 is 0 Å². The molecule has 4 nitrogen and oxygen atoms in total. The van der Waals surface area contributed by atoms with E-state index in [-0.39, 0.29) is 5.75 Å². The lowest BCUT2D eigenvalue weighted by molar-refractivity contribution is 0.475. The molecular weight excluding hydrogens is 322 g/mol. The molecule has 0 bridgehead atoms. The van der Waals surface area contributed by atoms with Crippen LogP contribution in [0.5, 0.6) is 5.75 Å². The van der Waals surface area contributed by atoms with E-state index in [4.69, 9.17) is 0 Å². The minimum Gasteiger partial charge on any atom is -0.507 e. The Morgan fingerprint density at radius 2 is 1.65 bits per heavy atom. The number of allylic oxidation sites excluding steroid dienone is 1. The van der Waals surface area contributed by atoms with Gasteiger partial charge in [-0.15, -0.1) is 0 Å². The zero-order valence-electron chi connectivity index (χ0n) is 14.9. The largest absolute Gasteiger partial charge is 0.507 e. The maximum absolute atomic E-state index is 10.1. The minimum atomic E-state index is 0.194. The van der Waals surface area contributed by atoms with Crippen molar-refractivity contribution in [1.29, 1.82) is 0 Å². The molecule has 0 aliphatic rings. The van der Waals surface area contributed by atoms with Crippen LogP contribution in [-0.4, -0.2) is 31.6 Å². The quantitative estimate of drug-likeness (QED) is 0.538. The molecule has 3 aromatic carbocycles. The van der Waals surface area contributed by atoms with Crippen LogP contribution in [0, 0.1) is 0 Å². The van der Waals surface area contributed by atoms with Crippen LogP contribution in [-0.2, 0) is 0 Å².